The van der Waals surface area contributed by atoms with Gasteiger partial charge in [-0.25, -0.2) is 0 Å². The number of benzene rings is 1. The molecule has 0 spiro atoms. The van der Waals surface area contributed by atoms with Gasteiger partial charge < -0.3 is 10.6 Å². The highest BCUT2D eigenvalue weighted by atomic mass is 16.2. The summed E-state index contributed by atoms with van der Waals surface area (Å²) in [6.07, 6.45) is 0. The molecule has 2 N–H and O–H groups in total. The summed E-state index contributed by atoms with van der Waals surface area (Å²) in [5, 5.41) is 6.39. The Bertz CT molecular complexity index is 459. The molecule has 1 fully saturated rings. The van der Waals surface area contributed by atoms with Crippen LogP contribution in [0, 0.1) is 13.8 Å². The molecule has 0 aliphatic carbocycles. The minimum Gasteiger partial charge on any atom is -0.325 e. The Balaban J connectivity index is 1.92. The Hall–Kier alpha value is -1.39. The van der Waals surface area contributed by atoms with E-state index in [1.54, 1.807) is 0 Å². The first kappa shape index (κ1) is 14.0. The maximum atomic E-state index is 12.1. The van der Waals surface area contributed by atoms with Crippen molar-refractivity contribution in [3.05, 3.63) is 29.3 Å². The smallest absolute Gasteiger partial charge is 0.238 e. The van der Waals surface area contributed by atoms with E-state index in [0.29, 0.717) is 12.6 Å². The summed E-state index contributed by atoms with van der Waals surface area (Å²) >= 11 is 0. The highest BCUT2D eigenvalue weighted by Crippen LogP contribution is 2.17. The Kier molecular flexibility index (Phi) is 4.56. The van der Waals surface area contributed by atoms with E-state index in [1.165, 1.54) is 5.56 Å². The van der Waals surface area contributed by atoms with Gasteiger partial charge in [0.2, 0.25) is 5.91 Å². The lowest BCUT2D eigenvalue weighted by molar-refractivity contribution is -0.117. The molecule has 0 radical (unpaired) electrons. The van der Waals surface area contributed by atoms with Crippen molar-refractivity contribution in [1.82, 2.24) is 10.2 Å². The fourth-order valence-corrected chi connectivity index (χ4v) is 2.44. The van der Waals surface area contributed by atoms with E-state index < -0.39 is 0 Å². The van der Waals surface area contributed by atoms with Crippen molar-refractivity contribution in [1.29, 1.82) is 0 Å². The molecule has 1 aliphatic rings. The van der Waals surface area contributed by atoms with Crippen LogP contribution in [0.15, 0.2) is 18.2 Å². The van der Waals surface area contributed by atoms with Crippen LogP contribution in [0.4, 0.5) is 5.69 Å². The largest absolute Gasteiger partial charge is 0.325 e. The van der Waals surface area contributed by atoms with Crippen LogP contribution < -0.4 is 10.6 Å². The SMILES string of the molecule is Cc1cccc(NC(=O)CN2CCN[C@H](C)C2)c1C. The Morgan fingerprint density at radius 1 is 1.47 bits per heavy atom. The van der Waals surface area contributed by atoms with Crippen LogP contribution in [0.3, 0.4) is 0 Å². The number of piperazine rings is 1. The van der Waals surface area contributed by atoms with Gasteiger partial charge in [-0.3, -0.25) is 9.69 Å². The number of rotatable bonds is 3. The standard InChI is InChI=1S/C15H23N3O/c1-11-5-4-6-14(13(11)3)17-15(19)10-18-8-7-16-12(2)9-18/h4-6,12,16H,7-10H2,1-3H3,(H,17,19)/t12-/m1/s1. The second-order valence-corrected chi connectivity index (χ2v) is 5.39. The molecule has 104 valence electrons. The van der Waals surface area contributed by atoms with Crippen molar-refractivity contribution in [2.24, 2.45) is 0 Å². The van der Waals surface area contributed by atoms with Crippen LogP contribution in [0.5, 0.6) is 0 Å². The monoisotopic (exact) mass is 261 g/mol. The number of hydrogen-bond donors (Lipinski definition) is 2. The highest BCUT2D eigenvalue weighted by molar-refractivity contribution is 5.93. The third kappa shape index (κ3) is 3.78. The number of anilines is 1. The van der Waals surface area contributed by atoms with Crippen LogP contribution in [0.25, 0.3) is 0 Å². The molecule has 4 heteroatoms. The van der Waals surface area contributed by atoms with Crippen LogP contribution in [-0.2, 0) is 4.79 Å². The lowest BCUT2D eigenvalue weighted by atomic mass is 10.1. The van der Waals surface area contributed by atoms with Crippen molar-refractivity contribution in [2.75, 3.05) is 31.5 Å². The molecule has 19 heavy (non-hydrogen) atoms. The van der Waals surface area contributed by atoms with Gasteiger partial charge in [-0.05, 0) is 38.0 Å². The molecule has 1 heterocycles. The third-order valence-corrected chi connectivity index (χ3v) is 3.70. The Labute approximate surface area is 115 Å². The summed E-state index contributed by atoms with van der Waals surface area (Å²) in [5.74, 6) is 0.0720. The lowest BCUT2D eigenvalue weighted by Gasteiger charge is -2.31. The van der Waals surface area contributed by atoms with Crippen molar-refractivity contribution in [3.63, 3.8) is 0 Å². The first-order chi connectivity index (χ1) is 9.06. The van der Waals surface area contributed by atoms with Crippen LogP contribution >= 0.6 is 0 Å². The zero-order chi connectivity index (χ0) is 13.8. The van der Waals surface area contributed by atoms with Gasteiger partial charge in [-0.2, -0.15) is 0 Å². The van der Waals surface area contributed by atoms with E-state index in [4.69, 9.17) is 0 Å². The normalized spacial score (nSPS) is 20.3. The van der Waals surface area contributed by atoms with Crippen LogP contribution in [0.1, 0.15) is 18.1 Å². The second-order valence-electron chi connectivity index (χ2n) is 5.39. The van der Waals surface area contributed by atoms with E-state index in [9.17, 15) is 4.79 Å². The molecule has 2 rings (SSSR count). The summed E-state index contributed by atoms with van der Waals surface area (Å²) in [7, 11) is 0. The van der Waals surface area contributed by atoms with E-state index in [0.717, 1.165) is 30.9 Å². The predicted molar refractivity (Wildman–Crippen MR) is 78.5 cm³/mol. The minimum absolute atomic E-state index is 0.0720. The number of amides is 1. The molecule has 0 bridgehead atoms. The minimum atomic E-state index is 0.0720. The fourth-order valence-electron chi connectivity index (χ4n) is 2.44. The quantitative estimate of drug-likeness (QED) is 0.867. The van der Waals surface area contributed by atoms with E-state index in [1.807, 2.05) is 19.1 Å². The van der Waals surface area contributed by atoms with Crippen molar-refractivity contribution in [2.45, 2.75) is 26.8 Å². The van der Waals surface area contributed by atoms with Crippen LogP contribution in [0.2, 0.25) is 0 Å². The van der Waals surface area contributed by atoms with Gasteiger partial charge in [0, 0.05) is 31.4 Å². The van der Waals surface area contributed by atoms with E-state index in [-0.39, 0.29) is 5.91 Å². The average molecular weight is 261 g/mol. The first-order valence-corrected chi connectivity index (χ1v) is 6.88. The van der Waals surface area contributed by atoms with Gasteiger partial charge in [0.15, 0.2) is 0 Å². The topological polar surface area (TPSA) is 44.4 Å². The van der Waals surface area contributed by atoms with Crippen molar-refractivity contribution in [3.8, 4) is 0 Å². The number of carbonyl (C=O) groups excluding carboxylic acids is 1. The fraction of sp³-hybridized carbons (Fsp3) is 0.533. The number of nitrogens with zero attached hydrogens (tertiary/aromatic N) is 1. The summed E-state index contributed by atoms with van der Waals surface area (Å²) in [5.41, 5.74) is 3.27. The molecule has 4 nitrogen and oxygen atoms in total. The van der Waals surface area contributed by atoms with Gasteiger partial charge in [0.05, 0.1) is 6.54 Å². The summed E-state index contributed by atoms with van der Waals surface area (Å²) in [6.45, 7) is 9.54. The number of nitrogens with one attached hydrogen (secondary N) is 2. The molecule has 0 saturated carbocycles. The molecule has 1 saturated heterocycles. The van der Waals surface area contributed by atoms with Crippen molar-refractivity contribution >= 4 is 11.6 Å². The number of hydrogen-bond acceptors (Lipinski definition) is 3. The number of carbonyl (C=O) groups is 1. The van der Waals surface area contributed by atoms with E-state index in [2.05, 4.69) is 35.4 Å². The molecule has 1 aliphatic heterocycles. The summed E-state index contributed by atoms with van der Waals surface area (Å²) in [6, 6.07) is 6.45. The highest BCUT2D eigenvalue weighted by Gasteiger charge is 2.18. The molecular weight excluding hydrogens is 238 g/mol. The lowest BCUT2D eigenvalue weighted by Crippen LogP contribution is -2.51. The molecule has 1 atom stereocenters. The summed E-state index contributed by atoms with van der Waals surface area (Å²) in [4.78, 5) is 14.3. The van der Waals surface area contributed by atoms with Crippen molar-refractivity contribution < 1.29 is 4.79 Å². The molecule has 0 unspecified atom stereocenters. The van der Waals surface area contributed by atoms with E-state index >= 15 is 0 Å². The molecule has 1 amide bonds. The molecule has 1 aromatic carbocycles. The van der Waals surface area contributed by atoms with Gasteiger partial charge in [-0.1, -0.05) is 12.1 Å². The predicted octanol–water partition coefficient (Wildman–Crippen LogP) is 1.54. The van der Waals surface area contributed by atoms with Crippen LogP contribution in [-0.4, -0.2) is 43.0 Å². The first-order valence-electron chi connectivity index (χ1n) is 6.88. The zero-order valence-electron chi connectivity index (χ0n) is 12.0. The maximum Gasteiger partial charge on any atom is 0.238 e. The van der Waals surface area contributed by atoms with Gasteiger partial charge in [-0.15, -0.1) is 0 Å². The molecule has 1 aromatic rings. The number of aryl methyl sites for hydroxylation is 1. The Morgan fingerprint density at radius 2 is 2.26 bits per heavy atom. The maximum absolute atomic E-state index is 12.1. The van der Waals surface area contributed by atoms with Gasteiger partial charge in [0.25, 0.3) is 0 Å². The van der Waals surface area contributed by atoms with Gasteiger partial charge in [0.1, 0.15) is 0 Å². The molecular formula is C15H23N3O. The third-order valence-electron chi connectivity index (χ3n) is 3.70. The van der Waals surface area contributed by atoms with Gasteiger partial charge >= 0.3 is 0 Å². The Morgan fingerprint density at radius 3 is 3.00 bits per heavy atom. The molecule has 0 aromatic heterocycles. The average Bonchev–Trinajstić information content (AvgIpc) is 2.35. The second kappa shape index (κ2) is 6.17. The zero-order valence-corrected chi connectivity index (χ0v) is 12.0. The summed E-state index contributed by atoms with van der Waals surface area (Å²) < 4.78 is 0.